The zero-order valence-corrected chi connectivity index (χ0v) is 15.7. The van der Waals surface area contributed by atoms with Crippen LogP contribution in [0.5, 0.6) is 0 Å². The molecule has 0 saturated carbocycles. The van der Waals surface area contributed by atoms with Gasteiger partial charge in [-0.15, -0.1) is 10.1 Å². The monoisotopic (exact) mass is 421 g/mol. The number of imide groups is 2. The van der Waals surface area contributed by atoms with E-state index in [1.54, 1.807) is 6.92 Å². The fraction of sp³-hybridized carbons (Fsp3) is 0.571. The largest absolute Gasteiger partial charge is 0.691 e. The average Bonchev–Trinajstić information content (AvgIpc) is 3.13. The second kappa shape index (κ2) is 11.3. The van der Waals surface area contributed by atoms with Crippen molar-refractivity contribution in [2.24, 2.45) is 0 Å². The van der Waals surface area contributed by atoms with Crippen molar-refractivity contribution in [3.8, 4) is 0 Å². The molecule has 0 bridgehead atoms. The third-order valence-corrected chi connectivity index (χ3v) is 3.95. The summed E-state index contributed by atoms with van der Waals surface area (Å²) in [5.74, 6) is -3.58. The van der Waals surface area contributed by atoms with Gasteiger partial charge in [0.05, 0.1) is 6.42 Å². The first-order chi connectivity index (χ1) is 13.2. The van der Waals surface area contributed by atoms with Gasteiger partial charge in [0.15, 0.2) is 0 Å². The molecular weight excluding hydrogens is 404 g/mol. The van der Waals surface area contributed by atoms with E-state index in [9.17, 15) is 34.0 Å². The lowest BCUT2D eigenvalue weighted by molar-refractivity contribution is -0.777. The van der Waals surface area contributed by atoms with Crippen LogP contribution in [0.4, 0.5) is 0 Å². The SMILES string of the molecule is CCC(=O)ON1C(=O)CC(SOO[O-])C1=O.CCC(=O)ON1C(=O)CCC1=O. The minimum Gasteiger partial charge on any atom is -0.691 e. The molecule has 2 aliphatic rings. The van der Waals surface area contributed by atoms with Crippen molar-refractivity contribution < 1.29 is 53.1 Å². The normalized spacial score (nSPS) is 18.9. The Morgan fingerprint density at radius 3 is 1.93 bits per heavy atom. The first-order valence-corrected chi connectivity index (χ1v) is 8.81. The van der Waals surface area contributed by atoms with Crippen LogP contribution in [0.2, 0.25) is 0 Å². The molecule has 1 unspecified atom stereocenters. The lowest BCUT2D eigenvalue weighted by atomic mass is 10.4. The molecule has 0 aromatic heterocycles. The summed E-state index contributed by atoms with van der Waals surface area (Å²) < 4.78 is 3.94. The number of carbonyl (C=O) groups excluding carboxylic acids is 6. The van der Waals surface area contributed by atoms with Crippen LogP contribution in [-0.2, 0) is 47.8 Å². The van der Waals surface area contributed by atoms with Gasteiger partial charge < -0.3 is 14.9 Å². The minimum atomic E-state index is -0.939. The van der Waals surface area contributed by atoms with E-state index in [1.165, 1.54) is 6.92 Å². The molecule has 0 aromatic carbocycles. The molecule has 28 heavy (non-hydrogen) atoms. The molecule has 2 heterocycles. The Labute approximate surface area is 162 Å². The van der Waals surface area contributed by atoms with Crippen molar-refractivity contribution in [2.45, 2.75) is 51.2 Å². The summed E-state index contributed by atoms with van der Waals surface area (Å²) in [5.41, 5.74) is 0. The summed E-state index contributed by atoms with van der Waals surface area (Å²) in [6, 6.07) is 0. The Morgan fingerprint density at radius 2 is 1.46 bits per heavy atom. The molecule has 1 atom stereocenters. The maximum Gasteiger partial charge on any atom is 0.332 e. The van der Waals surface area contributed by atoms with Crippen LogP contribution in [0.1, 0.15) is 46.0 Å². The second-order valence-electron chi connectivity index (χ2n) is 5.17. The third kappa shape index (κ3) is 6.56. The fourth-order valence-corrected chi connectivity index (χ4v) is 2.32. The standard InChI is InChI=1S/C7H9NO7S.C7H9NO4/c1-2-6(10)13-8-5(9)3-4(7(8)11)16-15-14-12;1-2-7(11)12-8-5(9)3-4-6(8)10/h4,12H,2-3H2,1H3;2-4H2,1H3/p-1. The number of hydroxylamine groups is 4. The molecule has 0 aromatic rings. The van der Waals surface area contributed by atoms with Crippen molar-refractivity contribution in [2.75, 3.05) is 0 Å². The van der Waals surface area contributed by atoms with E-state index in [4.69, 9.17) is 0 Å². The summed E-state index contributed by atoms with van der Waals surface area (Å²) >= 11 is 0.396. The summed E-state index contributed by atoms with van der Waals surface area (Å²) in [6.07, 6.45) is 0.238. The summed E-state index contributed by atoms with van der Waals surface area (Å²) in [6.45, 7) is 3.11. The Balaban J connectivity index is 0.000000292. The summed E-state index contributed by atoms with van der Waals surface area (Å²) in [4.78, 5) is 75.0. The average molecular weight is 421 g/mol. The zero-order valence-electron chi connectivity index (χ0n) is 14.9. The van der Waals surface area contributed by atoms with Crippen LogP contribution < -0.4 is 5.26 Å². The van der Waals surface area contributed by atoms with Crippen LogP contribution in [0.3, 0.4) is 0 Å². The van der Waals surface area contributed by atoms with Crippen molar-refractivity contribution in [3.63, 3.8) is 0 Å². The smallest absolute Gasteiger partial charge is 0.332 e. The van der Waals surface area contributed by atoms with Gasteiger partial charge in [-0.1, -0.05) is 13.8 Å². The predicted molar refractivity (Wildman–Crippen MR) is 83.9 cm³/mol. The molecule has 0 spiro atoms. The first-order valence-electron chi connectivity index (χ1n) is 8.01. The highest BCUT2D eigenvalue weighted by Crippen LogP contribution is 2.26. The minimum absolute atomic E-state index is 0.0367. The highest BCUT2D eigenvalue weighted by atomic mass is 32.2. The topological polar surface area (TPSA) is 169 Å². The second-order valence-corrected chi connectivity index (χ2v) is 6.06. The quantitative estimate of drug-likeness (QED) is 0.210. The lowest BCUT2D eigenvalue weighted by Crippen LogP contribution is -2.33. The molecule has 13 nitrogen and oxygen atoms in total. The molecule has 2 rings (SSSR count). The van der Waals surface area contributed by atoms with Crippen molar-refractivity contribution in [1.29, 1.82) is 0 Å². The predicted octanol–water partition coefficient (Wildman–Crippen LogP) is -1.14. The molecule has 0 N–H and O–H groups in total. The molecule has 2 aliphatic heterocycles. The van der Waals surface area contributed by atoms with Gasteiger partial charge in [-0.25, -0.2) is 9.59 Å². The first kappa shape index (κ1) is 23.5. The van der Waals surface area contributed by atoms with Gasteiger partial charge in [-0.3, -0.25) is 24.2 Å². The summed E-state index contributed by atoms with van der Waals surface area (Å²) in [5, 5.41) is 12.6. The number of amides is 4. The van der Waals surface area contributed by atoms with E-state index in [0.717, 1.165) is 0 Å². The van der Waals surface area contributed by atoms with Crippen LogP contribution in [-0.4, -0.2) is 50.9 Å². The molecule has 0 aliphatic carbocycles. The highest BCUT2D eigenvalue weighted by Gasteiger charge is 2.42. The van der Waals surface area contributed by atoms with Crippen molar-refractivity contribution >= 4 is 47.6 Å². The number of carbonyl (C=O) groups is 6. The molecule has 156 valence electrons. The lowest BCUT2D eigenvalue weighted by Gasteiger charge is -2.12. The van der Waals surface area contributed by atoms with Gasteiger partial charge >= 0.3 is 11.9 Å². The van der Waals surface area contributed by atoms with Gasteiger partial charge in [0.25, 0.3) is 23.6 Å². The van der Waals surface area contributed by atoms with Crippen molar-refractivity contribution in [1.82, 2.24) is 10.1 Å². The molecule has 0 radical (unpaired) electrons. The fourth-order valence-electron chi connectivity index (χ4n) is 1.81. The summed E-state index contributed by atoms with van der Waals surface area (Å²) in [7, 11) is 0. The van der Waals surface area contributed by atoms with Crippen molar-refractivity contribution in [3.05, 3.63) is 0 Å². The van der Waals surface area contributed by atoms with E-state index in [0.29, 0.717) is 22.2 Å². The number of hydrogen-bond donors (Lipinski definition) is 0. The van der Waals surface area contributed by atoms with Gasteiger partial charge in [0.1, 0.15) is 5.25 Å². The van der Waals surface area contributed by atoms with E-state index >= 15 is 0 Å². The van der Waals surface area contributed by atoms with Crippen LogP contribution >= 0.6 is 12.0 Å². The molecule has 4 amide bonds. The Hall–Kier alpha value is -2.55. The van der Waals surface area contributed by atoms with Crippen LogP contribution in [0, 0.1) is 0 Å². The third-order valence-electron chi connectivity index (χ3n) is 3.21. The molecule has 2 fully saturated rings. The van der Waals surface area contributed by atoms with E-state index < -0.39 is 40.8 Å². The molecule has 14 heteroatoms. The van der Waals surface area contributed by atoms with Gasteiger partial charge in [0.2, 0.25) is 0 Å². The Morgan fingerprint density at radius 1 is 0.964 bits per heavy atom. The maximum atomic E-state index is 11.4. The highest BCUT2D eigenvalue weighted by molar-refractivity contribution is 7.96. The number of nitrogens with zero attached hydrogens (tertiary/aromatic N) is 2. The Kier molecular flexibility index (Phi) is 9.50. The zero-order chi connectivity index (χ0) is 21.3. The van der Waals surface area contributed by atoms with E-state index in [-0.39, 0.29) is 32.1 Å². The molecular formula is C14H17N2O11S-. The van der Waals surface area contributed by atoms with E-state index in [1.807, 2.05) is 0 Å². The number of rotatable bonds is 7. The van der Waals surface area contributed by atoms with Crippen LogP contribution in [0.15, 0.2) is 0 Å². The van der Waals surface area contributed by atoms with Gasteiger partial charge in [-0.05, 0) is 0 Å². The van der Waals surface area contributed by atoms with E-state index in [2.05, 4.69) is 19.0 Å². The molecule has 2 saturated heterocycles. The number of hydrogen-bond acceptors (Lipinski definition) is 12. The maximum absolute atomic E-state index is 11.4. The van der Waals surface area contributed by atoms with Crippen LogP contribution in [0.25, 0.3) is 0 Å². The Bertz CT molecular complexity index is 637. The van der Waals surface area contributed by atoms with Gasteiger partial charge in [-0.2, -0.15) is 4.33 Å². The van der Waals surface area contributed by atoms with Gasteiger partial charge in [0, 0.05) is 37.7 Å².